The minimum Gasteiger partial charge on any atom is -0.391 e. The third kappa shape index (κ3) is 4.79. The Morgan fingerprint density at radius 3 is 2.26 bits per heavy atom. The van der Waals surface area contributed by atoms with Crippen LogP contribution in [0.1, 0.15) is 12.8 Å². The molecule has 0 atom stereocenters. The van der Waals surface area contributed by atoms with E-state index in [9.17, 15) is 0 Å². The van der Waals surface area contributed by atoms with Gasteiger partial charge in [-0.2, -0.15) is 0 Å². The van der Waals surface area contributed by atoms with E-state index in [-0.39, 0.29) is 0 Å². The molecule has 0 bridgehead atoms. The number of likely N-dealkylation sites (N-methyl/N-ethyl adjacent to an activating group) is 2. The van der Waals surface area contributed by atoms with Crippen LogP contribution in [0.2, 0.25) is 0 Å². The van der Waals surface area contributed by atoms with Gasteiger partial charge in [-0.1, -0.05) is 6.58 Å². The van der Waals surface area contributed by atoms with Gasteiger partial charge >= 0.3 is 0 Å². The molecule has 2 rings (SSSR count). The molecule has 0 aromatic heterocycles. The average Bonchev–Trinajstić information content (AvgIpc) is 2.43. The van der Waals surface area contributed by atoms with Crippen molar-refractivity contribution in [2.45, 2.75) is 12.8 Å². The molecule has 4 nitrogen and oxygen atoms in total. The number of hydrogen-bond donors (Lipinski definition) is 1. The first-order valence-corrected chi connectivity index (χ1v) is 7.66. The van der Waals surface area contributed by atoms with Crippen molar-refractivity contribution in [2.75, 3.05) is 66.5 Å². The number of nitrogens with one attached hydrogen (secondary N) is 1. The van der Waals surface area contributed by atoms with Crippen LogP contribution in [-0.4, -0.2) is 81.2 Å². The van der Waals surface area contributed by atoms with Crippen molar-refractivity contribution in [2.24, 2.45) is 5.92 Å². The van der Waals surface area contributed by atoms with Gasteiger partial charge < -0.3 is 15.1 Å². The van der Waals surface area contributed by atoms with Crippen LogP contribution in [0.25, 0.3) is 0 Å². The van der Waals surface area contributed by atoms with Crippen LogP contribution in [0.5, 0.6) is 0 Å². The molecule has 2 aliphatic heterocycles. The minimum absolute atomic E-state index is 0.905. The van der Waals surface area contributed by atoms with Gasteiger partial charge in [0, 0.05) is 52.0 Å². The Morgan fingerprint density at radius 2 is 1.68 bits per heavy atom. The molecule has 110 valence electrons. The molecule has 0 saturated carbocycles. The molecule has 0 aliphatic carbocycles. The van der Waals surface area contributed by atoms with Crippen LogP contribution < -0.4 is 5.32 Å². The van der Waals surface area contributed by atoms with Gasteiger partial charge in [0.2, 0.25) is 0 Å². The first kappa shape index (κ1) is 14.8. The molecule has 0 unspecified atom stereocenters. The van der Waals surface area contributed by atoms with Crippen molar-refractivity contribution in [3.05, 3.63) is 12.3 Å². The third-order valence-electron chi connectivity index (χ3n) is 4.59. The van der Waals surface area contributed by atoms with Crippen LogP contribution in [0, 0.1) is 5.92 Å². The van der Waals surface area contributed by atoms with Crippen molar-refractivity contribution in [1.29, 1.82) is 0 Å². The predicted molar refractivity (Wildman–Crippen MR) is 81.3 cm³/mol. The van der Waals surface area contributed by atoms with E-state index in [2.05, 4.69) is 33.6 Å². The highest BCUT2D eigenvalue weighted by Crippen LogP contribution is 2.19. The van der Waals surface area contributed by atoms with Crippen molar-refractivity contribution in [1.82, 2.24) is 20.0 Å². The fourth-order valence-electron chi connectivity index (χ4n) is 3.07. The average molecular weight is 266 g/mol. The lowest BCUT2D eigenvalue weighted by Crippen LogP contribution is -2.47. The SMILES string of the molecule is C=C(CN1CCC(CN2CCN(C)CC2)CC1)NC. The van der Waals surface area contributed by atoms with E-state index >= 15 is 0 Å². The number of nitrogens with zero attached hydrogens (tertiary/aromatic N) is 3. The summed E-state index contributed by atoms with van der Waals surface area (Å²) in [6.45, 7) is 13.8. The Labute approximate surface area is 118 Å². The van der Waals surface area contributed by atoms with Gasteiger partial charge in [-0.05, 0) is 38.9 Å². The molecular weight excluding hydrogens is 236 g/mol. The molecule has 2 heterocycles. The lowest BCUT2D eigenvalue weighted by molar-refractivity contribution is 0.108. The van der Waals surface area contributed by atoms with E-state index in [0.717, 1.165) is 18.2 Å². The second kappa shape index (κ2) is 7.27. The Morgan fingerprint density at radius 1 is 1.05 bits per heavy atom. The molecule has 2 fully saturated rings. The lowest BCUT2D eigenvalue weighted by atomic mass is 9.96. The van der Waals surface area contributed by atoms with Gasteiger partial charge in [-0.15, -0.1) is 0 Å². The molecule has 0 spiro atoms. The number of piperidine rings is 1. The van der Waals surface area contributed by atoms with Gasteiger partial charge in [-0.3, -0.25) is 4.90 Å². The number of rotatable bonds is 5. The van der Waals surface area contributed by atoms with Gasteiger partial charge in [-0.25, -0.2) is 0 Å². The summed E-state index contributed by atoms with van der Waals surface area (Å²) in [5.41, 5.74) is 1.14. The largest absolute Gasteiger partial charge is 0.391 e. The van der Waals surface area contributed by atoms with Crippen molar-refractivity contribution in [3.63, 3.8) is 0 Å². The topological polar surface area (TPSA) is 21.8 Å². The highest BCUT2D eigenvalue weighted by Gasteiger charge is 2.23. The Kier molecular flexibility index (Phi) is 5.67. The normalized spacial score (nSPS) is 24.5. The summed E-state index contributed by atoms with van der Waals surface area (Å²) >= 11 is 0. The van der Waals surface area contributed by atoms with Crippen LogP contribution in [-0.2, 0) is 0 Å². The summed E-state index contributed by atoms with van der Waals surface area (Å²) in [4.78, 5) is 7.62. The molecule has 0 radical (unpaired) electrons. The third-order valence-corrected chi connectivity index (χ3v) is 4.59. The summed E-state index contributed by atoms with van der Waals surface area (Å²) in [7, 11) is 4.19. The molecule has 2 saturated heterocycles. The van der Waals surface area contributed by atoms with Crippen molar-refractivity contribution in [3.8, 4) is 0 Å². The van der Waals surface area contributed by atoms with E-state index in [4.69, 9.17) is 0 Å². The van der Waals surface area contributed by atoms with Crippen molar-refractivity contribution < 1.29 is 0 Å². The quantitative estimate of drug-likeness (QED) is 0.790. The van der Waals surface area contributed by atoms with Crippen LogP contribution >= 0.6 is 0 Å². The Hall–Kier alpha value is -0.580. The summed E-state index contributed by atoms with van der Waals surface area (Å²) < 4.78 is 0. The maximum Gasteiger partial charge on any atom is 0.0375 e. The first-order chi connectivity index (χ1) is 9.17. The number of hydrogen-bond acceptors (Lipinski definition) is 4. The second-order valence-corrected chi connectivity index (χ2v) is 6.18. The van der Waals surface area contributed by atoms with Crippen molar-refractivity contribution >= 4 is 0 Å². The summed E-state index contributed by atoms with van der Waals surface area (Å²) in [6.07, 6.45) is 2.70. The van der Waals surface area contributed by atoms with Gasteiger partial charge in [0.15, 0.2) is 0 Å². The summed E-state index contributed by atoms with van der Waals surface area (Å²) in [6, 6.07) is 0. The molecule has 4 heteroatoms. The fourth-order valence-corrected chi connectivity index (χ4v) is 3.07. The zero-order valence-electron chi connectivity index (χ0n) is 12.7. The number of likely N-dealkylation sites (tertiary alicyclic amines) is 1. The smallest absolute Gasteiger partial charge is 0.0375 e. The minimum atomic E-state index is 0.905. The Bertz CT molecular complexity index is 276. The Balaban J connectivity index is 1.64. The zero-order valence-corrected chi connectivity index (χ0v) is 12.7. The van der Waals surface area contributed by atoms with E-state index in [0.29, 0.717) is 0 Å². The number of piperazine rings is 1. The van der Waals surface area contributed by atoms with Gasteiger partial charge in [0.05, 0.1) is 0 Å². The second-order valence-electron chi connectivity index (χ2n) is 6.18. The standard InChI is InChI=1S/C15H30N4/c1-14(16-2)12-18-6-4-15(5-7-18)13-19-10-8-17(3)9-11-19/h15-16H,1,4-13H2,2-3H3. The van der Waals surface area contributed by atoms with Gasteiger partial charge in [0.1, 0.15) is 0 Å². The summed E-state index contributed by atoms with van der Waals surface area (Å²) in [5.74, 6) is 0.905. The molecular formula is C15H30N4. The van der Waals surface area contributed by atoms with Crippen LogP contribution in [0.3, 0.4) is 0 Å². The zero-order chi connectivity index (χ0) is 13.7. The summed E-state index contributed by atoms with van der Waals surface area (Å²) in [5, 5.41) is 3.14. The monoisotopic (exact) mass is 266 g/mol. The maximum absolute atomic E-state index is 4.02. The van der Waals surface area contributed by atoms with E-state index < -0.39 is 0 Å². The van der Waals surface area contributed by atoms with Crippen LogP contribution in [0.4, 0.5) is 0 Å². The van der Waals surface area contributed by atoms with E-state index in [1.807, 2.05) is 7.05 Å². The predicted octanol–water partition coefficient (Wildman–Crippen LogP) is 0.679. The van der Waals surface area contributed by atoms with E-state index in [1.165, 1.54) is 58.7 Å². The fraction of sp³-hybridized carbons (Fsp3) is 0.867. The van der Waals surface area contributed by atoms with E-state index in [1.54, 1.807) is 0 Å². The highest BCUT2D eigenvalue weighted by atomic mass is 15.2. The molecule has 1 N–H and O–H groups in total. The highest BCUT2D eigenvalue weighted by molar-refractivity contribution is 4.94. The maximum atomic E-state index is 4.02. The first-order valence-electron chi connectivity index (χ1n) is 7.66. The van der Waals surface area contributed by atoms with Crippen LogP contribution in [0.15, 0.2) is 12.3 Å². The molecule has 2 aliphatic rings. The molecule has 0 aromatic rings. The lowest BCUT2D eigenvalue weighted by Gasteiger charge is -2.38. The molecule has 0 amide bonds. The molecule has 19 heavy (non-hydrogen) atoms. The van der Waals surface area contributed by atoms with Gasteiger partial charge in [0.25, 0.3) is 0 Å². The molecule has 0 aromatic carbocycles.